The first-order chi connectivity index (χ1) is 12.3. The Morgan fingerprint density at radius 1 is 1.15 bits per heavy atom. The molecule has 0 radical (unpaired) electrons. The van der Waals surface area contributed by atoms with Crippen molar-refractivity contribution in [2.45, 2.75) is 32.7 Å². The van der Waals surface area contributed by atoms with Crippen molar-refractivity contribution in [2.24, 2.45) is 0 Å². The molecule has 0 aliphatic carbocycles. The number of benzene rings is 1. The molecule has 26 heavy (non-hydrogen) atoms. The van der Waals surface area contributed by atoms with E-state index in [0.29, 0.717) is 22.9 Å². The van der Waals surface area contributed by atoms with Crippen LogP contribution in [0.4, 0.5) is 5.82 Å². The zero-order valence-corrected chi connectivity index (χ0v) is 15.8. The Kier molecular flexibility index (Phi) is 5.09. The van der Waals surface area contributed by atoms with E-state index in [1.807, 2.05) is 18.2 Å². The number of pyridine rings is 1. The van der Waals surface area contributed by atoms with E-state index in [0.717, 1.165) is 11.3 Å². The molecule has 0 fully saturated rings. The highest BCUT2D eigenvalue weighted by molar-refractivity contribution is 6.34. The summed E-state index contributed by atoms with van der Waals surface area (Å²) in [5.41, 5.74) is 2.26. The maximum atomic E-state index is 12.7. The number of carbonyl (C=O) groups excluding carboxylic acids is 1. The summed E-state index contributed by atoms with van der Waals surface area (Å²) >= 11 is 6.14. The van der Waals surface area contributed by atoms with Crippen molar-refractivity contribution in [1.82, 2.24) is 14.8 Å². The Morgan fingerprint density at radius 2 is 1.85 bits per heavy atom. The third-order valence-electron chi connectivity index (χ3n) is 3.99. The fraction of sp³-hybridized carbons (Fsp3) is 0.250. The van der Waals surface area contributed by atoms with Crippen LogP contribution in [0, 0.1) is 0 Å². The summed E-state index contributed by atoms with van der Waals surface area (Å²) in [6, 6.07) is 12.8. The van der Waals surface area contributed by atoms with Gasteiger partial charge in [-0.1, -0.05) is 44.5 Å². The molecule has 0 spiro atoms. The van der Waals surface area contributed by atoms with Gasteiger partial charge in [0.05, 0.1) is 22.8 Å². The first-order valence-electron chi connectivity index (χ1n) is 8.38. The number of carbonyl (C=O) groups is 1. The summed E-state index contributed by atoms with van der Waals surface area (Å²) in [4.78, 5) is 16.7. The zero-order valence-electron chi connectivity index (χ0n) is 15.0. The van der Waals surface area contributed by atoms with Crippen LogP contribution in [0.1, 0.15) is 42.4 Å². The van der Waals surface area contributed by atoms with Gasteiger partial charge in [0.2, 0.25) is 0 Å². The monoisotopic (exact) mass is 368 g/mol. The summed E-state index contributed by atoms with van der Waals surface area (Å²) in [5.74, 6) is 0.378. The average molecular weight is 369 g/mol. The summed E-state index contributed by atoms with van der Waals surface area (Å²) in [6.45, 7) is 6.81. The van der Waals surface area contributed by atoms with Gasteiger partial charge in [0.15, 0.2) is 0 Å². The molecule has 3 rings (SSSR count). The third kappa shape index (κ3) is 4.11. The van der Waals surface area contributed by atoms with Crippen LogP contribution >= 0.6 is 11.6 Å². The number of nitrogens with zero attached hydrogens (tertiary/aromatic N) is 3. The number of nitrogens with one attached hydrogen (secondary N) is 1. The molecule has 0 atom stereocenters. The molecule has 0 saturated carbocycles. The topological polar surface area (TPSA) is 59.8 Å². The highest BCUT2D eigenvalue weighted by atomic mass is 35.5. The lowest BCUT2D eigenvalue weighted by molar-refractivity contribution is 0.102. The zero-order chi connectivity index (χ0) is 18.7. The van der Waals surface area contributed by atoms with Gasteiger partial charge in [-0.2, -0.15) is 5.10 Å². The van der Waals surface area contributed by atoms with Crippen LogP contribution in [0.5, 0.6) is 0 Å². The lowest BCUT2D eigenvalue weighted by Gasteiger charge is -2.14. The third-order valence-corrected chi connectivity index (χ3v) is 4.32. The first kappa shape index (κ1) is 18.1. The maximum absolute atomic E-state index is 12.7. The molecule has 6 heteroatoms. The molecular formula is C20H21ClN4O. The number of anilines is 1. The number of rotatable bonds is 4. The summed E-state index contributed by atoms with van der Waals surface area (Å²) in [7, 11) is 0. The Labute approximate surface area is 158 Å². The van der Waals surface area contributed by atoms with Gasteiger partial charge in [0, 0.05) is 23.9 Å². The van der Waals surface area contributed by atoms with Crippen LogP contribution in [0.3, 0.4) is 0 Å². The smallest absolute Gasteiger partial charge is 0.258 e. The van der Waals surface area contributed by atoms with E-state index < -0.39 is 0 Å². The predicted molar refractivity (Wildman–Crippen MR) is 104 cm³/mol. The van der Waals surface area contributed by atoms with E-state index in [2.05, 4.69) is 31.1 Å². The predicted octanol–water partition coefficient (Wildman–Crippen LogP) is 4.53. The van der Waals surface area contributed by atoms with Crippen LogP contribution in [0.25, 0.3) is 0 Å². The van der Waals surface area contributed by atoms with Gasteiger partial charge in [-0.3, -0.25) is 9.78 Å². The van der Waals surface area contributed by atoms with Crippen LogP contribution in [-0.4, -0.2) is 20.7 Å². The molecule has 1 amide bonds. The van der Waals surface area contributed by atoms with E-state index in [-0.39, 0.29) is 11.3 Å². The number of hydrogen-bond donors (Lipinski definition) is 1. The minimum Gasteiger partial charge on any atom is -0.307 e. The maximum Gasteiger partial charge on any atom is 0.258 e. The second-order valence-corrected chi connectivity index (χ2v) is 7.52. The van der Waals surface area contributed by atoms with Gasteiger partial charge in [-0.05, 0) is 29.8 Å². The van der Waals surface area contributed by atoms with Crippen molar-refractivity contribution in [3.8, 4) is 0 Å². The van der Waals surface area contributed by atoms with Crippen LogP contribution < -0.4 is 5.32 Å². The molecule has 0 saturated heterocycles. The lowest BCUT2D eigenvalue weighted by Crippen LogP contribution is -2.16. The average Bonchev–Trinajstić information content (AvgIpc) is 2.99. The molecule has 134 valence electrons. The molecule has 1 aromatic carbocycles. The van der Waals surface area contributed by atoms with E-state index in [9.17, 15) is 4.79 Å². The second kappa shape index (κ2) is 7.30. The normalized spacial score (nSPS) is 11.4. The first-order valence-corrected chi connectivity index (χ1v) is 8.75. The lowest BCUT2D eigenvalue weighted by atomic mass is 9.92. The quantitative estimate of drug-likeness (QED) is 0.736. The van der Waals surface area contributed by atoms with Crippen molar-refractivity contribution in [3.05, 3.63) is 76.7 Å². The number of hydrogen-bond acceptors (Lipinski definition) is 3. The van der Waals surface area contributed by atoms with Crippen LogP contribution in [0.15, 0.2) is 54.9 Å². The van der Waals surface area contributed by atoms with Gasteiger partial charge in [0.1, 0.15) is 5.82 Å². The van der Waals surface area contributed by atoms with Gasteiger partial charge in [-0.25, -0.2) is 4.68 Å². The molecule has 2 heterocycles. The largest absolute Gasteiger partial charge is 0.307 e. The number of halogens is 1. The number of amides is 1. The van der Waals surface area contributed by atoms with Gasteiger partial charge >= 0.3 is 0 Å². The van der Waals surface area contributed by atoms with Gasteiger partial charge < -0.3 is 5.32 Å². The molecule has 0 bridgehead atoms. The fourth-order valence-electron chi connectivity index (χ4n) is 2.49. The number of aromatic nitrogens is 3. The van der Waals surface area contributed by atoms with E-state index in [4.69, 9.17) is 16.7 Å². The highest BCUT2D eigenvalue weighted by Crippen LogP contribution is 2.25. The van der Waals surface area contributed by atoms with Crippen molar-refractivity contribution in [1.29, 1.82) is 0 Å². The molecular weight excluding hydrogens is 348 g/mol. The standard InChI is InChI=1S/C20H21ClN4O/c1-20(2,3)17-12-18(23-19(26)15-6-4-5-7-16(15)21)25(24-17)13-14-8-10-22-11-9-14/h4-12H,13H2,1-3H3,(H,23,26). The molecule has 5 nitrogen and oxygen atoms in total. The van der Waals surface area contributed by atoms with Crippen molar-refractivity contribution < 1.29 is 4.79 Å². The molecule has 0 aliphatic heterocycles. The van der Waals surface area contributed by atoms with E-state index in [1.165, 1.54) is 0 Å². The van der Waals surface area contributed by atoms with Crippen molar-refractivity contribution in [2.75, 3.05) is 5.32 Å². The minimum atomic E-state index is -0.257. The van der Waals surface area contributed by atoms with Crippen molar-refractivity contribution >= 4 is 23.3 Å². The summed E-state index contributed by atoms with van der Waals surface area (Å²) < 4.78 is 1.80. The molecule has 0 unspecified atom stereocenters. The molecule has 1 N–H and O–H groups in total. The minimum absolute atomic E-state index is 0.132. The van der Waals surface area contributed by atoms with Crippen molar-refractivity contribution in [3.63, 3.8) is 0 Å². The SMILES string of the molecule is CC(C)(C)c1cc(NC(=O)c2ccccc2Cl)n(Cc2ccncc2)n1. The molecule has 0 aliphatic rings. The Bertz CT molecular complexity index is 913. The Balaban J connectivity index is 1.93. The molecule has 2 aromatic heterocycles. The highest BCUT2D eigenvalue weighted by Gasteiger charge is 2.21. The summed E-state index contributed by atoms with van der Waals surface area (Å²) in [6.07, 6.45) is 3.48. The Morgan fingerprint density at radius 3 is 2.50 bits per heavy atom. The van der Waals surface area contributed by atoms with Crippen LogP contribution in [-0.2, 0) is 12.0 Å². The second-order valence-electron chi connectivity index (χ2n) is 7.11. The Hall–Kier alpha value is -2.66. The molecule has 3 aromatic rings. The summed E-state index contributed by atoms with van der Waals surface area (Å²) in [5, 5.41) is 8.05. The van der Waals surface area contributed by atoms with E-state index >= 15 is 0 Å². The van der Waals surface area contributed by atoms with E-state index in [1.54, 1.807) is 41.3 Å². The van der Waals surface area contributed by atoms with Crippen LogP contribution in [0.2, 0.25) is 5.02 Å². The fourth-order valence-corrected chi connectivity index (χ4v) is 2.72. The van der Waals surface area contributed by atoms with Gasteiger partial charge in [0.25, 0.3) is 5.91 Å². The van der Waals surface area contributed by atoms with Gasteiger partial charge in [-0.15, -0.1) is 0 Å².